The lowest BCUT2D eigenvalue weighted by atomic mass is 10.1. The number of hydrogen-bond acceptors (Lipinski definition) is 6. The third-order valence-electron chi connectivity index (χ3n) is 3.85. The van der Waals surface area contributed by atoms with Gasteiger partial charge in [-0.3, -0.25) is 0 Å². The largest absolute Gasteiger partial charge is 0.375 e. The van der Waals surface area contributed by atoms with Crippen molar-refractivity contribution in [1.82, 2.24) is 14.4 Å². The van der Waals surface area contributed by atoms with E-state index >= 15 is 0 Å². The molecule has 1 aromatic heterocycles. The fourth-order valence-corrected chi connectivity index (χ4v) is 4.27. The summed E-state index contributed by atoms with van der Waals surface area (Å²) >= 11 is 0. The van der Waals surface area contributed by atoms with Crippen LogP contribution < -0.4 is 0 Å². The van der Waals surface area contributed by atoms with E-state index in [1.165, 1.54) is 4.31 Å². The first-order chi connectivity index (χ1) is 11.1. The fraction of sp³-hybridized carbons (Fsp3) is 0.467. The van der Waals surface area contributed by atoms with Crippen LogP contribution in [0.2, 0.25) is 0 Å². The van der Waals surface area contributed by atoms with Gasteiger partial charge in [-0.2, -0.15) is 4.98 Å². The Morgan fingerprint density at radius 3 is 2.87 bits per heavy atom. The zero-order valence-corrected chi connectivity index (χ0v) is 13.7. The van der Waals surface area contributed by atoms with Gasteiger partial charge in [0.1, 0.15) is 6.61 Å². The van der Waals surface area contributed by atoms with Crippen LogP contribution in [0.15, 0.2) is 34.9 Å². The molecule has 1 atom stereocenters. The predicted molar refractivity (Wildman–Crippen MR) is 83.0 cm³/mol. The van der Waals surface area contributed by atoms with Crippen molar-refractivity contribution in [3.05, 3.63) is 47.6 Å². The van der Waals surface area contributed by atoms with Crippen molar-refractivity contribution in [3.8, 4) is 0 Å². The molecule has 0 aliphatic carbocycles. The minimum absolute atomic E-state index is 0.0156. The second kappa shape index (κ2) is 6.77. The Bertz CT molecular complexity index is 745. The van der Waals surface area contributed by atoms with Crippen LogP contribution in [0.25, 0.3) is 0 Å². The lowest BCUT2D eigenvalue weighted by molar-refractivity contribution is 0.151. The summed E-state index contributed by atoms with van der Waals surface area (Å²) in [5.74, 6) is 0.944. The smallest absolute Gasteiger partial charge is 0.252 e. The minimum atomic E-state index is -3.33. The molecule has 1 aliphatic rings. The summed E-state index contributed by atoms with van der Waals surface area (Å²) < 4.78 is 36.6. The number of sulfonamides is 1. The number of aromatic nitrogens is 2. The van der Waals surface area contributed by atoms with Gasteiger partial charge in [-0.15, -0.1) is 0 Å². The molecule has 0 N–H and O–H groups in total. The third kappa shape index (κ3) is 3.77. The normalized spacial score (nSPS) is 19.3. The van der Waals surface area contributed by atoms with E-state index in [-0.39, 0.29) is 18.3 Å². The van der Waals surface area contributed by atoms with Crippen molar-refractivity contribution in [3.63, 3.8) is 0 Å². The van der Waals surface area contributed by atoms with Crippen molar-refractivity contribution in [2.24, 2.45) is 0 Å². The van der Waals surface area contributed by atoms with Crippen molar-refractivity contribution in [2.45, 2.75) is 24.7 Å². The highest BCUT2D eigenvalue weighted by molar-refractivity contribution is 7.88. The molecule has 2 aromatic rings. The number of methoxy groups -OCH3 is 1. The Balaban J connectivity index is 1.66. The van der Waals surface area contributed by atoms with Crippen LogP contribution in [-0.4, -0.2) is 43.1 Å². The van der Waals surface area contributed by atoms with Gasteiger partial charge in [0.2, 0.25) is 10.0 Å². The highest BCUT2D eigenvalue weighted by Gasteiger charge is 2.34. The van der Waals surface area contributed by atoms with Crippen LogP contribution >= 0.6 is 0 Å². The second-order valence-electron chi connectivity index (χ2n) is 5.56. The quantitative estimate of drug-likeness (QED) is 0.795. The molecule has 0 bridgehead atoms. The molecule has 8 heteroatoms. The molecule has 0 amide bonds. The summed E-state index contributed by atoms with van der Waals surface area (Å²) in [5.41, 5.74) is 0.790. The number of benzene rings is 1. The molecule has 1 aromatic carbocycles. The molecular weight excluding hydrogens is 318 g/mol. The molecule has 0 saturated carbocycles. The summed E-state index contributed by atoms with van der Waals surface area (Å²) in [5, 5.41) is 3.93. The SMILES string of the molecule is COCc1nc(C2CCN(S(=O)(=O)Cc3ccccc3)C2)no1. The standard InChI is InChI=1S/C15H19N3O4S/c1-21-10-14-16-15(17-22-14)13-7-8-18(9-13)23(19,20)11-12-5-3-2-4-6-12/h2-6,13H,7-11H2,1H3. The van der Waals surface area contributed by atoms with Gasteiger partial charge in [-0.05, 0) is 12.0 Å². The first-order valence-corrected chi connectivity index (χ1v) is 9.02. The second-order valence-corrected chi connectivity index (χ2v) is 7.53. The van der Waals surface area contributed by atoms with E-state index in [1.807, 2.05) is 30.3 Å². The molecule has 0 spiro atoms. The van der Waals surface area contributed by atoms with Gasteiger partial charge < -0.3 is 9.26 Å². The van der Waals surface area contributed by atoms with E-state index in [0.29, 0.717) is 31.2 Å². The molecule has 1 fully saturated rings. The number of rotatable bonds is 6. The van der Waals surface area contributed by atoms with Gasteiger partial charge in [-0.25, -0.2) is 12.7 Å². The topological polar surface area (TPSA) is 85.5 Å². The molecule has 2 heterocycles. The van der Waals surface area contributed by atoms with Crippen molar-refractivity contribution in [2.75, 3.05) is 20.2 Å². The van der Waals surface area contributed by atoms with E-state index in [1.54, 1.807) is 7.11 Å². The Hall–Kier alpha value is -1.77. The Morgan fingerprint density at radius 1 is 1.35 bits per heavy atom. The van der Waals surface area contributed by atoms with E-state index in [4.69, 9.17) is 9.26 Å². The third-order valence-corrected chi connectivity index (χ3v) is 5.67. The van der Waals surface area contributed by atoms with E-state index in [9.17, 15) is 8.42 Å². The lowest BCUT2D eigenvalue weighted by Gasteiger charge is -2.16. The van der Waals surface area contributed by atoms with Crippen molar-refractivity contribution < 1.29 is 17.7 Å². The maximum Gasteiger partial charge on any atom is 0.252 e. The summed E-state index contributed by atoms with van der Waals surface area (Å²) in [6.07, 6.45) is 0.694. The molecule has 7 nitrogen and oxygen atoms in total. The highest BCUT2D eigenvalue weighted by Crippen LogP contribution is 2.28. The molecule has 23 heavy (non-hydrogen) atoms. The summed E-state index contributed by atoms with van der Waals surface area (Å²) in [6.45, 7) is 1.13. The van der Waals surface area contributed by atoms with Crippen molar-refractivity contribution >= 4 is 10.0 Å². The van der Waals surface area contributed by atoms with Crippen LogP contribution in [0.3, 0.4) is 0 Å². The Labute approximate surface area is 135 Å². The van der Waals surface area contributed by atoms with Crippen LogP contribution in [0.4, 0.5) is 0 Å². The predicted octanol–water partition coefficient (Wildman–Crippen LogP) is 1.54. The summed E-state index contributed by atoms with van der Waals surface area (Å²) in [7, 11) is -1.78. The van der Waals surface area contributed by atoms with Gasteiger partial charge in [0.15, 0.2) is 5.82 Å². The maximum atomic E-state index is 12.5. The average molecular weight is 337 g/mol. The number of hydrogen-bond donors (Lipinski definition) is 0. The lowest BCUT2D eigenvalue weighted by Crippen LogP contribution is -2.29. The van der Waals surface area contributed by atoms with Crippen LogP contribution in [-0.2, 0) is 27.1 Å². The van der Waals surface area contributed by atoms with E-state index in [2.05, 4.69) is 10.1 Å². The van der Waals surface area contributed by atoms with Gasteiger partial charge >= 0.3 is 0 Å². The Kier molecular flexibility index (Phi) is 4.74. The van der Waals surface area contributed by atoms with Gasteiger partial charge in [0, 0.05) is 26.1 Å². The number of nitrogens with zero attached hydrogens (tertiary/aromatic N) is 3. The van der Waals surface area contributed by atoms with Crippen LogP contribution in [0, 0.1) is 0 Å². The average Bonchev–Trinajstić information content (AvgIpc) is 3.17. The number of ether oxygens (including phenoxy) is 1. The first-order valence-electron chi connectivity index (χ1n) is 7.41. The van der Waals surface area contributed by atoms with Gasteiger partial charge in [0.25, 0.3) is 5.89 Å². The summed E-state index contributed by atoms with van der Waals surface area (Å²) in [6, 6.07) is 9.20. The van der Waals surface area contributed by atoms with Crippen LogP contribution in [0.1, 0.15) is 29.6 Å². The molecule has 3 rings (SSSR count). The molecule has 1 aliphatic heterocycles. The van der Waals surface area contributed by atoms with E-state index < -0.39 is 10.0 Å². The molecular formula is C15H19N3O4S. The highest BCUT2D eigenvalue weighted by atomic mass is 32.2. The van der Waals surface area contributed by atoms with Crippen molar-refractivity contribution in [1.29, 1.82) is 0 Å². The minimum Gasteiger partial charge on any atom is -0.375 e. The molecule has 1 unspecified atom stereocenters. The van der Waals surface area contributed by atoms with Gasteiger partial charge in [0.05, 0.1) is 5.75 Å². The molecule has 1 saturated heterocycles. The maximum absolute atomic E-state index is 12.5. The fourth-order valence-electron chi connectivity index (χ4n) is 2.68. The van der Waals surface area contributed by atoms with Gasteiger partial charge in [-0.1, -0.05) is 35.5 Å². The zero-order valence-electron chi connectivity index (χ0n) is 12.9. The zero-order chi connectivity index (χ0) is 16.3. The Morgan fingerprint density at radius 2 is 2.13 bits per heavy atom. The molecule has 0 radical (unpaired) electrons. The summed E-state index contributed by atoms with van der Waals surface area (Å²) in [4.78, 5) is 4.26. The van der Waals surface area contributed by atoms with Crippen LogP contribution in [0.5, 0.6) is 0 Å². The monoisotopic (exact) mass is 337 g/mol. The van der Waals surface area contributed by atoms with E-state index in [0.717, 1.165) is 5.56 Å². The molecule has 124 valence electrons. The first kappa shape index (κ1) is 16.1.